The van der Waals surface area contributed by atoms with Crippen LogP contribution in [0.3, 0.4) is 0 Å². The minimum atomic E-state index is -0.625. The fraction of sp³-hybridized carbons (Fsp3) is 0.250. The SMILES string of the molecule is COC(=O)[C@H](C(C)C)N1Cc2cc(-c3ccc(NC(=O)Nc4ccc(C)cc4)cc3)ccc2C1=O. The lowest BCUT2D eigenvalue weighted by molar-refractivity contribution is -0.147. The van der Waals surface area contributed by atoms with E-state index in [4.69, 9.17) is 4.74 Å². The molecule has 1 aliphatic heterocycles. The Morgan fingerprint density at radius 1 is 0.886 bits per heavy atom. The lowest BCUT2D eigenvalue weighted by Gasteiger charge is -2.28. The minimum Gasteiger partial charge on any atom is -0.467 e. The summed E-state index contributed by atoms with van der Waals surface area (Å²) in [7, 11) is 1.34. The molecule has 1 aliphatic rings. The minimum absolute atomic E-state index is 0.0663. The number of urea groups is 1. The van der Waals surface area contributed by atoms with E-state index in [2.05, 4.69) is 10.6 Å². The Labute approximate surface area is 205 Å². The maximum Gasteiger partial charge on any atom is 0.328 e. The fourth-order valence-electron chi connectivity index (χ4n) is 4.30. The van der Waals surface area contributed by atoms with Crippen LogP contribution in [-0.2, 0) is 16.1 Å². The molecule has 0 saturated heterocycles. The van der Waals surface area contributed by atoms with Gasteiger partial charge in [-0.1, -0.05) is 49.7 Å². The number of aryl methyl sites for hydroxylation is 1. The van der Waals surface area contributed by atoms with E-state index >= 15 is 0 Å². The van der Waals surface area contributed by atoms with Crippen LogP contribution in [-0.4, -0.2) is 36.0 Å². The smallest absolute Gasteiger partial charge is 0.328 e. The van der Waals surface area contributed by atoms with Gasteiger partial charge >= 0.3 is 12.0 Å². The molecule has 2 N–H and O–H groups in total. The van der Waals surface area contributed by atoms with Gasteiger partial charge in [0.2, 0.25) is 0 Å². The molecule has 0 spiro atoms. The number of amides is 3. The third kappa shape index (κ3) is 5.19. The van der Waals surface area contributed by atoms with Crippen molar-refractivity contribution >= 4 is 29.3 Å². The molecule has 0 saturated carbocycles. The highest BCUT2D eigenvalue weighted by atomic mass is 16.5. The number of esters is 1. The van der Waals surface area contributed by atoms with Crippen LogP contribution in [0, 0.1) is 12.8 Å². The molecule has 180 valence electrons. The van der Waals surface area contributed by atoms with Gasteiger partial charge in [0.05, 0.1) is 7.11 Å². The van der Waals surface area contributed by atoms with Gasteiger partial charge in [-0.25, -0.2) is 9.59 Å². The average molecular weight is 472 g/mol. The molecule has 1 heterocycles. The first kappa shape index (κ1) is 24.0. The number of nitrogens with one attached hydrogen (secondary N) is 2. The molecule has 0 bridgehead atoms. The number of carbonyl (C=O) groups excluding carboxylic acids is 3. The van der Waals surface area contributed by atoms with E-state index in [1.807, 2.05) is 87.5 Å². The predicted octanol–water partition coefficient (Wildman–Crippen LogP) is 5.46. The molecule has 0 unspecified atom stereocenters. The van der Waals surface area contributed by atoms with Crippen LogP contribution in [0.2, 0.25) is 0 Å². The van der Waals surface area contributed by atoms with E-state index in [1.165, 1.54) is 7.11 Å². The van der Waals surface area contributed by atoms with Gasteiger partial charge in [-0.15, -0.1) is 0 Å². The number of hydrogen-bond acceptors (Lipinski definition) is 4. The first-order valence-electron chi connectivity index (χ1n) is 11.5. The zero-order valence-corrected chi connectivity index (χ0v) is 20.3. The molecule has 1 atom stereocenters. The number of nitrogens with zero attached hydrogens (tertiary/aromatic N) is 1. The summed E-state index contributed by atoms with van der Waals surface area (Å²) in [6.45, 7) is 6.16. The standard InChI is InChI=1S/C28H29N3O4/c1-17(2)25(27(33)35-4)31-16-21-15-20(9-14-24(21)26(31)32)19-7-12-23(13-8-19)30-28(34)29-22-10-5-18(3)6-11-22/h5-15,17,25H,16H2,1-4H3,(H2,29,30,34)/t25-/m0/s1. The molecule has 3 amide bonds. The molecular weight excluding hydrogens is 442 g/mol. The number of methoxy groups -OCH3 is 1. The van der Waals surface area contributed by atoms with Crippen molar-refractivity contribution in [2.24, 2.45) is 5.92 Å². The highest BCUT2D eigenvalue weighted by molar-refractivity contribution is 6.01. The van der Waals surface area contributed by atoms with E-state index < -0.39 is 12.0 Å². The highest BCUT2D eigenvalue weighted by Crippen LogP contribution is 2.32. The second kappa shape index (κ2) is 10.0. The van der Waals surface area contributed by atoms with Gasteiger partial charge in [0.15, 0.2) is 0 Å². The lowest BCUT2D eigenvalue weighted by Crippen LogP contribution is -2.45. The highest BCUT2D eigenvalue weighted by Gasteiger charge is 2.38. The third-order valence-corrected chi connectivity index (χ3v) is 6.13. The molecule has 35 heavy (non-hydrogen) atoms. The molecule has 3 aromatic carbocycles. The average Bonchev–Trinajstić information content (AvgIpc) is 3.16. The van der Waals surface area contributed by atoms with Gasteiger partial charge in [-0.2, -0.15) is 0 Å². The number of hydrogen-bond donors (Lipinski definition) is 2. The van der Waals surface area contributed by atoms with Crippen LogP contribution >= 0.6 is 0 Å². The van der Waals surface area contributed by atoms with E-state index in [0.717, 1.165) is 27.9 Å². The normalized spacial score (nSPS) is 13.4. The molecule has 7 heteroatoms. The van der Waals surface area contributed by atoms with Crippen LogP contribution < -0.4 is 10.6 Å². The molecule has 3 aromatic rings. The number of benzene rings is 3. The Morgan fingerprint density at radius 2 is 1.46 bits per heavy atom. The van der Waals surface area contributed by atoms with Crippen molar-refractivity contribution in [2.45, 2.75) is 33.4 Å². The van der Waals surface area contributed by atoms with Gasteiger partial charge in [0.1, 0.15) is 6.04 Å². The summed E-state index contributed by atoms with van der Waals surface area (Å²) < 4.78 is 4.94. The number of ether oxygens (including phenoxy) is 1. The molecule has 7 nitrogen and oxygen atoms in total. The van der Waals surface area contributed by atoms with Crippen LogP contribution in [0.15, 0.2) is 66.7 Å². The maximum atomic E-state index is 13.0. The lowest BCUT2D eigenvalue weighted by atomic mass is 10.0. The van der Waals surface area contributed by atoms with Crippen LogP contribution in [0.4, 0.5) is 16.2 Å². The quantitative estimate of drug-likeness (QED) is 0.468. The van der Waals surface area contributed by atoms with Gasteiger partial charge < -0.3 is 20.3 Å². The van der Waals surface area contributed by atoms with Gasteiger partial charge in [0.25, 0.3) is 5.91 Å². The fourth-order valence-corrected chi connectivity index (χ4v) is 4.30. The van der Waals surface area contributed by atoms with Crippen molar-refractivity contribution in [3.63, 3.8) is 0 Å². The zero-order valence-electron chi connectivity index (χ0n) is 20.3. The summed E-state index contributed by atoms with van der Waals surface area (Å²) in [5.74, 6) is -0.630. The van der Waals surface area contributed by atoms with Crippen molar-refractivity contribution in [3.8, 4) is 11.1 Å². The Bertz CT molecular complexity index is 1250. The molecule has 0 fully saturated rings. The summed E-state index contributed by atoms with van der Waals surface area (Å²) in [5, 5.41) is 5.64. The predicted molar refractivity (Wildman–Crippen MR) is 136 cm³/mol. The monoisotopic (exact) mass is 471 g/mol. The molecule has 0 aliphatic carbocycles. The van der Waals surface area contributed by atoms with Crippen LogP contribution in [0.5, 0.6) is 0 Å². The van der Waals surface area contributed by atoms with Crippen LogP contribution in [0.25, 0.3) is 11.1 Å². The van der Waals surface area contributed by atoms with Crippen molar-refractivity contribution in [1.29, 1.82) is 0 Å². The largest absolute Gasteiger partial charge is 0.467 e. The topological polar surface area (TPSA) is 87.7 Å². The Morgan fingerprint density at radius 3 is 2.03 bits per heavy atom. The number of anilines is 2. The molecule has 0 radical (unpaired) electrons. The first-order chi connectivity index (χ1) is 16.8. The van der Waals surface area contributed by atoms with Crippen molar-refractivity contribution in [1.82, 2.24) is 4.90 Å². The first-order valence-corrected chi connectivity index (χ1v) is 11.5. The van der Waals surface area contributed by atoms with Crippen molar-refractivity contribution in [3.05, 3.63) is 83.4 Å². The third-order valence-electron chi connectivity index (χ3n) is 6.13. The second-order valence-electron chi connectivity index (χ2n) is 9.04. The summed E-state index contributed by atoms with van der Waals surface area (Å²) in [6, 6.07) is 19.8. The summed E-state index contributed by atoms with van der Waals surface area (Å²) in [4.78, 5) is 39.2. The summed E-state index contributed by atoms with van der Waals surface area (Å²) in [5.41, 5.74) is 5.90. The van der Waals surface area contributed by atoms with E-state index in [9.17, 15) is 14.4 Å². The van der Waals surface area contributed by atoms with Gasteiger partial charge in [0, 0.05) is 23.5 Å². The maximum absolute atomic E-state index is 13.0. The van der Waals surface area contributed by atoms with E-state index in [0.29, 0.717) is 17.8 Å². The second-order valence-corrected chi connectivity index (χ2v) is 9.04. The van der Waals surface area contributed by atoms with Crippen LogP contribution in [0.1, 0.15) is 35.3 Å². The molecular formula is C28H29N3O4. The summed E-state index contributed by atoms with van der Waals surface area (Å²) in [6.07, 6.45) is 0. The van der Waals surface area contributed by atoms with E-state index in [-0.39, 0.29) is 17.9 Å². The number of rotatable bonds is 6. The number of carbonyl (C=O) groups is 3. The zero-order chi connectivity index (χ0) is 25.1. The summed E-state index contributed by atoms with van der Waals surface area (Å²) >= 11 is 0. The Kier molecular flexibility index (Phi) is 6.87. The Hall–Kier alpha value is -4.13. The molecule has 4 rings (SSSR count). The van der Waals surface area contributed by atoms with Gasteiger partial charge in [-0.05, 0) is 65.9 Å². The van der Waals surface area contributed by atoms with Gasteiger partial charge in [-0.3, -0.25) is 4.79 Å². The Balaban J connectivity index is 1.46. The van der Waals surface area contributed by atoms with Crippen molar-refractivity contribution < 1.29 is 19.1 Å². The van der Waals surface area contributed by atoms with Crippen molar-refractivity contribution in [2.75, 3.05) is 17.7 Å². The molecule has 0 aromatic heterocycles. The van der Waals surface area contributed by atoms with E-state index in [1.54, 1.807) is 4.90 Å². The number of fused-ring (bicyclic) bond motifs is 1.